The monoisotopic (exact) mass is 746 g/mol. The number of alkyl carbamates (subject to hydrolysis) is 1. The number of carboxylic acids is 1. The van der Waals surface area contributed by atoms with E-state index >= 15 is 0 Å². The summed E-state index contributed by atoms with van der Waals surface area (Å²) in [4.78, 5) is 73.9. The van der Waals surface area contributed by atoms with Gasteiger partial charge >= 0.3 is 12.1 Å². The largest absolute Gasteiger partial charge is 0.479 e. The summed E-state index contributed by atoms with van der Waals surface area (Å²) >= 11 is 0. The van der Waals surface area contributed by atoms with Crippen molar-refractivity contribution in [3.63, 3.8) is 0 Å². The predicted molar refractivity (Wildman–Crippen MR) is 186 cm³/mol. The summed E-state index contributed by atoms with van der Waals surface area (Å²) in [5, 5.41) is 48.4. The van der Waals surface area contributed by atoms with Gasteiger partial charge in [-0.2, -0.15) is 0 Å². The molecule has 1 aliphatic carbocycles. The molecule has 1 aromatic carbocycles. The van der Waals surface area contributed by atoms with Gasteiger partial charge in [0.25, 0.3) is 11.8 Å². The number of rotatable bonds is 16. The summed E-state index contributed by atoms with van der Waals surface area (Å²) in [6.45, 7) is 0.0871. The molecule has 53 heavy (non-hydrogen) atoms. The number of amides is 5. The van der Waals surface area contributed by atoms with E-state index < -0.39 is 48.7 Å². The fourth-order valence-corrected chi connectivity index (χ4v) is 6.28. The normalized spacial score (nSPS) is 23.8. The Kier molecular flexibility index (Phi) is 16.0. The predicted octanol–water partition coefficient (Wildman–Crippen LogP) is 1.62. The second-order valence-electron chi connectivity index (χ2n) is 13.4. The third-order valence-corrected chi connectivity index (χ3v) is 9.28. The van der Waals surface area contributed by atoms with Gasteiger partial charge in [-0.3, -0.25) is 24.1 Å². The number of imide groups is 1. The van der Waals surface area contributed by atoms with Gasteiger partial charge < -0.3 is 50.6 Å². The van der Waals surface area contributed by atoms with Crippen LogP contribution >= 0.6 is 0 Å². The summed E-state index contributed by atoms with van der Waals surface area (Å²) in [5.41, 5.74) is 0.483. The van der Waals surface area contributed by atoms with Crippen molar-refractivity contribution < 1.29 is 63.4 Å². The molecule has 0 radical (unpaired) electrons. The van der Waals surface area contributed by atoms with Crippen LogP contribution in [0.4, 0.5) is 10.5 Å². The highest BCUT2D eigenvalue weighted by molar-refractivity contribution is 6.12. The van der Waals surface area contributed by atoms with Gasteiger partial charge in [0.2, 0.25) is 18.1 Å². The van der Waals surface area contributed by atoms with Gasteiger partial charge in [0.15, 0.2) is 6.10 Å². The summed E-state index contributed by atoms with van der Waals surface area (Å²) < 4.78 is 16.4. The Balaban J connectivity index is 1.32. The summed E-state index contributed by atoms with van der Waals surface area (Å²) in [5.74, 6) is -3.24. The second kappa shape index (κ2) is 20.6. The molecule has 5 atom stereocenters. The molecule has 0 unspecified atom stereocenters. The van der Waals surface area contributed by atoms with Crippen molar-refractivity contribution in [1.29, 1.82) is 0 Å². The number of nitrogens with one attached hydrogen (secondary N) is 3. The molecule has 0 spiro atoms. The van der Waals surface area contributed by atoms with Crippen LogP contribution in [-0.4, -0.2) is 111 Å². The third-order valence-electron chi connectivity index (χ3n) is 9.28. The highest BCUT2D eigenvalue weighted by Crippen LogP contribution is 2.31. The Morgan fingerprint density at radius 1 is 0.830 bits per heavy atom. The summed E-state index contributed by atoms with van der Waals surface area (Å²) in [7, 11) is 0. The number of carboxylic acid groups (broad SMARTS) is 1. The highest BCUT2D eigenvalue weighted by atomic mass is 16.7. The molecule has 3 aliphatic rings. The maximum absolute atomic E-state index is 13.0. The van der Waals surface area contributed by atoms with E-state index in [-0.39, 0.29) is 67.7 Å². The van der Waals surface area contributed by atoms with E-state index in [0.29, 0.717) is 24.8 Å². The molecule has 0 bridgehead atoms. The zero-order chi connectivity index (χ0) is 38.3. The van der Waals surface area contributed by atoms with Crippen molar-refractivity contribution in [2.75, 3.05) is 18.4 Å². The van der Waals surface area contributed by atoms with Crippen LogP contribution in [0.2, 0.25) is 0 Å². The summed E-state index contributed by atoms with van der Waals surface area (Å²) in [6, 6.07) is 4.36. The van der Waals surface area contributed by atoms with Gasteiger partial charge in [0.05, 0.1) is 5.69 Å². The number of aliphatic hydroxyl groups excluding tert-OH is 3. The molecular weight excluding hydrogens is 696 g/mol. The number of carbonyl (C=O) groups excluding carboxylic acids is 5. The minimum atomic E-state index is -1.93. The smallest absolute Gasteiger partial charge is 0.407 e. The third kappa shape index (κ3) is 12.8. The van der Waals surface area contributed by atoms with E-state index in [1.165, 1.54) is 43.2 Å². The van der Waals surface area contributed by atoms with Crippen LogP contribution in [0.3, 0.4) is 0 Å². The van der Waals surface area contributed by atoms with E-state index in [0.717, 1.165) is 43.4 Å². The van der Waals surface area contributed by atoms with E-state index in [4.69, 9.17) is 14.2 Å². The van der Waals surface area contributed by atoms with Crippen LogP contribution in [0, 0.1) is 0 Å². The second-order valence-corrected chi connectivity index (χ2v) is 13.4. The van der Waals surface area contributed by atoms with Gasteiger partial charge in [-0.25, -0.2) is 9.59 Å². The maximum Gasteiger partial charge on any atom is 0.407 e. The molecular formula is C36H50N4O13. The van der Waals surface area contributed by atoms with Crippen molar-refractivity contribution in [3.8, 4) is 5.75 Å². The molecule has 1 saturated carbocycles. The lowest BCUT2D eigenvalue weighted by Gasteiger charge is -2.38. The van der Waals surface area contributed by atoms with Crippen LogP contribution in [0.15, 0.2) is 30.4 Å². The van der Waals surface area contributed by atoms with E-state index in [9.17, 15) is 49.2 Å². The first-order valence-corrected chi connectivity index (χ1v) is 18.2. The number of nitrogens with zero attached hydrogens (tertiary/aromatic N) is 1. The highest BCUT2D eigenvalue weighted by Gasteiger charge is 2.48. The molecule has 2 aliphatic heterocycles. The SMILES string of the molecule is O=C(CCCCCN1C(=O)C=CC1=O)NCCC(=O)Nc1cc(COC(=O)NC2CCCCCCCC2)ccc1O[C@H]1O[C@@H](C(=O)O)[C@H](O)[C@@H](O)[C@@H]1O. The molecule has 1 aromatic rings. The van der Waals surface area contributed by atoms with Crippen LogP contribution in [0.1, 0.15) is 89.0 Å². The molecule has 5 amide bonds. The molecule has 0 aromatic heterocycles. The number of anilines is 1. The minimum absolute atomic E-state index is 0.00794. The molecule has 292 valence electrons. The molecule has 7 N–H and O–H groups in total. The number of aliphatic carboxylic acids is 1. The van der Waals surface area contributed by atoms with Crippen LogP contribution < -0.4 is 20.7 Å². The van der Waals surface area contributed by atoms with Crippen LogP contribution in [0.25, 0.3) is 0 Å². The van der Waals surface area contributed by atoms with Crippen LogP contribution in [-0.2, 0) is 40.1 Å². The van der Waals surface area contributed by atoms with Crippen molar-refractivity contribution >= 4 is 41.4 Å². The van der Waals surface area contributed by atoms with E-state index in [1.807, 2.05) is 0 Å². The first-order valence-electron chi connectivity index (χ1n) is 18.2. The topological polar surface area (TPSA) is 250 Å². The Hall–Kier alpha value is -4.58. The van der Waals surface area contributed by atoms with Gasteiger partial charge in [-0.15, -0.1) is 0 Å². The number of aliphatic hydroxyl groups is 3. The van der Waals surface area contributed by atoms with Gasteiger partial charge in [0, 0.05) is 44.1 Å². The van der Waals surface area contributed by atoms with Crippen molar-refractivity contribution in [3.05, 3.63) is 35.9 Å². The van der Waals surface area contributed by atoms with E-state index in [1.54, 1.807) is 0 Å². The van der Waals surface area contributed by atoms with Gasteiger partial charge in [-0.05, 0) is 43.4 Å². The van der Waals surface area contributed by atoms with Gasteiger partial charge in [-0.1, -0.05) is 51.0 Å². The number of unbranched alkanes of at least 4 members (excludes halogenated alkanes) is 2. The van der Waals surface area contributed by atoms with Gasteiger partial charge in [0.1, 0.15) is 30.7 Å². The minimum Gasteiger partial charge on any atom is -0.479 e. The molecule has 4 rings (SSSR count). The number of ether oxygens (including phenoxy) is 3. The first-order chi connectivity index (χ1) is 25.4. The number of benzene rings is 1. The molecule has 2 heterocycles. The van der Waals surface area contributed by atoms with Crippen molar-refractivity contribution in [1.82, 2.24) is 15.5 Å². The zero-order valence-electron chi connectivity index (χ0n) is 29.6. The number of carbonyl (C=O) groups is 6. The Morgan fingerprint density at radius 2 is 1.51 bits per heavy atom. The fourth-order valence-electron chi connectivity index (χ4n) is 6.28. The quantitative estimate of drug-likeness (QED) is 0.0940. The number of hydrogen-bond donors (Lipinski definition) is 7. The fraction of sp³-hybridized carbons (Fsp3) is 0.611. The average molecular weight is 747 g/mol. The maximum atomic E-state index is 13.0. The Bertz CT molecular complexity index is 1460. The Labute approximate surface area is 307 Å². The lowest BCUT2D eigenvalue weighted by atomic mass is 9.99. The summed E-state index contributed by atoms with van der Waals surface area (Å²) in [6.07, 6.45) is 2.57. The van der Waals surface area contributed by atoms with Crippen molar-refractivity contribution in [2.45, 2.75) is 127 Å². The van der Waals surface area contributed by atoms with Crippen LogP contribution in [0.5, 0.6) is 5.75 Å². The Morgan fingerprint density at radius 3 is 2.19 bits per heavy atom. The van der Waals surface area contributed by atoms with E-state index in [2.05, 4.69) is 16.0 Å². The molecule has 1 saturated heterocycles. The standard InChI is InChI=1S/C36H50N4O13/c41-26(12-8-5-9-19-40-28(43)15-16-29(40)44)37-18-17-27(42)39-24-20-22(21-51-36(50)38-23-10-6-3-1-2-4-7-11-23)13-14-25(24)52-35-32(47)30(45)31(46)33(53-35)34(48)49/h13-16,20,23,30-33,35,45-47H,1-12,17-19,21H2,(H,37,41)(H,38,50)(H,39,42)(H,48,49)/t30-,31-,32+,33-,35+/m1/s1. The van der Waals surface area contributed by atoms with Crippen molar-refractivity contribution in [2.24, 2.45) is 0 Å². The molecule has 17 heteroatoms. The zero-order valence-corrected chi connectivity index (χ0v) is 29.6. The molecule has 17 nitrogen and oxygen atoms in total. The first kappa shape index (κ1) is 41.2. The average Bonchev–Trinajstić information content (AvgIpc) is 3.50. The molecule has 2 fully saturated rings. The lowest BCUT2D eigenvalue weighted by molar-refractivity contribution is -0.271. The number of hydrogen-bond acceptors (Lipinski definition) is 12. The lowest BCUT2D eigenvalue weighted by Crippen LogP contribution is -2.61.